The lowest BCUT2D eigenvalue weighted by atomic mass is 10.1. The number of nitrogens with one attached hydrogen (secondary N) is 1. The average molecular weight is 282 g/mol. The van der Waals surface area contributed by atoms with Gasteiger partial charge in [-0.25, -0.2) is 4.79 Å². The second-order valence-electron chi connectivity index (χ2n) is 4.39. The van der Waals surface area contributed by atoms with Crippen LogP contribution in [0, 0.1) is 0 Å². The van der Waals surface area contributed by atoms with E-state index in [0.29, 0.717) is 11.4 Å². The fraction of sp³-hybridized carbons (Fsp3) is 0.545. The minimum absolute atomic E-state index is 0.142. The summed E-state index contributed by atoms with van der Waals surface area (Å²) in [5, 5.41) is 2.48. The molecule has 1 N–H and O–H groups in total. The summed E-state index contributed by atoms with van der Waals surface area (Å²) in [4.78, 5) is 60.7. The summed E-state index contributed by atoms with van der Waals surface area (Å²) in [6, 6.07) is -1.55. The largest absolute Gasteiger partial charge is 0.336 e. The molecular weight excluding hydrogens is 268 g/mol. The van der Waals surface area contributed by atoms with E-state index in [-0.39, 0.29) is 26.0 Å². The van der Waals surface area contributed by atoms with Crippen molar-refractivity contribution in [2.75, 3.05) is 26.2 Å². The van der Waals surface area contributed by atoms with Crippen LogP contribution in [0.3, 0.4) is 0 Å². The monoisotopic (exact) mass is 282 g/mol. The average Bonchev–Trinajstić information content (AvgIpc) is 2.87. The van der Waals surface area contributed by atoms with Crippen LogP contribution in [-0.2, 0) is 19.2 Å². The van der Waals surface area contributed by atoms with Crippen molar-refractivity contribution in [2.45, 2.75) is 13.0 Å². The van der Waals surface area contributed by atoms with Crippen molar-refractivity contribution < 1.29 is 24.0 Å². The van der Waals surface area contributed by atoms with Gasteiger partial charge in [-0.1, -0.05) is 0 Å². The van der Waals surface area contributed by atoms with Gasteiger partial charge in [0.15, 0.2) is 0 Å². The Hall–Kier alpha value is -2.45. The molecule has 9 heteroatoms. The lowest BCUT2D eigenvalue weighted by Crippen LogP contribution is -2.64. The van der Waals surface area contributed by atoms with Crippen LogP contribution in [0.5, 0.6) is 0 Å². The third-order valence-electron chi connectivity index (χ3n) is 3.33. The van der Waals surface area contributed by atoms with E-state index in [9.17, 15) is 24.0 Å². The fourth-order valence-corrected chi connectivity index (χ4v) is 2.28. The van der Waals surface area contributed by atoms with E-state index in [1.165, 1.54) is 0 Å². The zero-order chi connectivity index (χ0) is 14.9. The van der Waals surface area contributed by atoms with Gasteiger partial charge in [-0.15, -0.1) is 0 Å². The Balaban J connectivity index is 2.25. The number of hydrogen-bond acceptors (Lipinski definition) is 5. The number of urea groups is 1. The topological polar surface area (TPSA) is 107 Å². The number of rotatable bonds is 3. The molecule has 0 aromatic heterocycles. The molecule has 0 aliphatic carbocycles. The quantitative estimate of drug-likeness (QED) is 0.465. The molecule has 9 nitrogen and oxygen atoms in total. The van der Waals surface area contributed by atoms with E-state index in [1.807, 2.05) is 0 Å². The van der Waals surface area contributed by atoms with Crippen LogP contribution in [0.25, 0.3) is 0 Å². The number of hydrogen-bond donors (Lipinski definition) is 1. The maximum atomic E-state index is 12.3. The highest BCUT2D eigenvalue weighted by Gasteiger charge is 2.44. The molecule has 1 unspecified atom stereocenters. The van der Waals surface area contributed by atoms with Crippen LogP contribution in [-0.4, -0.2) is 77.1 Å². The van der Waals surface area contributed by atoms with Gasteiger partial charge in [0.25, 0.3) is 5.91 Å². The van der Waals surface area contributed by atoms with Crippen LogP contribution < -0.4 is 5.32 Å². The molecule has 6 amide bonds. The molecule has 2 fully saturated rings. The maximum absolute atomic E-state index is 12.3. The Kier molecular flexibility index (Phi) is 3.68. The van der Waals surface area contributed by atoms with Crippen LogP contribution in [0.1, 0.15) is 6.92 Å². The van der Waals surface area contributed by atoms with Crippen molar-refractivity contribution in [3.63, 3.8) is 0 Å². The maximum Gasteiger partial charge on any atom is 0.324 e. The molecule has 0 radical (unpaired) electrons. The van der Waals surface area contributed by atoms with Crippen molar-refractivity contribution >= 4 is 30.2 Å². The number of piperazine rings is 1. The molecule has 0 aromatic carbocycles. The normalized spacial score (nSPS) is 23.1. The summed E-state index contributed by atoms with van der Waals surface area (Å²) in [7, 11) is 0. The number of amides is 6. The van der Waals surface area contributed by atoms with E-state index < -0.39 is 29.8 Å². The first-order valence-corrected chi connectivity index (χ1v) is 6.17. The Morgan fingerprint density at radius 2 is 2.05 bits per heavy atom. The van der Waals surface area contributed by atoms with Crippen molar-refractivity contribution in [3.8, 4) is 0 Å². The smallest absolute Gasteiger partial charge is 0.324 e. The summed E-state index contributed by atoms with van der Waals surface area (Å²) in [6.45, 7) is 2.07. The van der Waals surface area contributed by atoms with Gasteiger partial charge in [-0.2, -0.15) is 0 Å². The third kappa shape index (κ3) is 2.10. The van der Waals surface area contributed by atoms with Crippen molar-refractivity contribution in [1.29, 1.82) is 0 Å². The minimum Gasteiger partial charge on any atom is -0.336 e. The second-order valence-corrected chi connectivity index (χ2v) is 4.39. The molecule has 0 bridgehead atoms. The Morgan fingerprint density at radius 3 is 2.55 bits per heavy atom. The predicted octanol–water partition coefficient (Wildman–Crippen LogP) is -2.25. The van der Waals surface area contributed by atoms with Gasteiger partial charge in [0, 0.05) is 19.6 Å². The number of carbonyl (C=O) groups is 5. The Labute approximate surface area is 114 Å². The second kappa shape index (κ2) is 5.27. The summed E-state index contributed by atoms with van der Waals surface area (Å²) in [5.74, 6) is -2.46. The van der Waals surface area contributed by atoms with E-state index in [2.05, 4.69) is 5.32 Å². The molecule has 0 saturated carbocycles. The van der Waals surface area contributed by atoms with Gasteiger partial charge in [-0.3, -0.25) is 29.0 Å². The molecule has 2 heterocycles. The number of likely N-dealkylation sites (N-methyl/N-ethyl adjacent to an activating group) is 1. The molecule has 1 atom stereocenters. The highest BCUT2D eigenvalue weighted by Crippen LogP contribution is 2.14. The number of carbonyl (C=O) groups excluding carboxylic acids is 5. The summed E-state index contributed by atoms with van der Waals surface area (Å²) in [6.07, 6.45) is 0.220. The molecule has 0 aromatic rings. The number of nitrogens with zero attached hydrogens (tertiary/aromatic N) is 3. The molecular formula is C11H14N4O5. The summed E-state index contributed by atoms with van der Waals surface area (Å²) < 4.78 is 0. The van der Waals surface area contributed by atoms with E-state index >= 15 is 0 Å². The van der Waals surface area contributed by atoms with Crippen LogP contribution in [0.2, 0.25) is 0 Å². The zero-order valence-electron chi connectivity index (χ0n) is 10.9. The highest BCUT2D eigenvalue weighted by atomic mass is 16.2. The first kappa shape index (κ1) is 14.0. The molecule has 2 aliphatic rings. The van der Waals surface area contributed by atoms with Gasteiger partial charge in [0.2, 0.25) is 6.41 Å². The number of imide groups is 2. The molecule has 2 saturated heterocycles. The Morgan fingerprint density at radius 1 is 1.35 bits per heavy atom. The van der Waals surface area contributed by atoms with Gasteiger partial charge < -0.3 is 10.2 Å². The Bertz CT molecular complexity index is 491. The van der Waals surface area contributed by atoms with Crippen LogP contribution in [0.15, 0.2) is 0 Å². The molecule has 20 heavy (non-hydrogen) atoms. The lowest BCUT2D eigenvalue weighted by Gasteiger charge is -2.37. The first-order valence-electron chi connectivity index (χ1n) is 6.17. The zero-order valence-corrected chi connectivity index (χ0v) is 10.9. The SMILES string of the molecule is CCN1C(=O)C(=O)N(C=O)CC1C(=O)N1CCNC1=O. The lowest BCUT2D eigenvalue weighted by molar-refractivity contribution is -0.163. The molecule has 2 rings (SSSR count). The van der Waals surface area contributed by atoms with Crippen molar-refractivity contribution in [3.05, 3.63) is 0 Å². The fourth-order valence-electron chi connectivity index (χ4n) is 2.28. The standard InChI is InChI=1S/C11H14N4O5/c1-2-14-7(5-13(6-16)9(18)10(14)19)8(17)15-4-3-12-11(15)20/h6-7H,2-5H2,1H3,(H,12,20). The van der Waals surface area contributed by atoms with E-state index in [4.69, 9.17) is 0 Å². The summed E-state index contributed by atoms with van der Waals surface area (Å²) >= 11 is 0. The predicted molar refractivity (Wildman–Crippen MR) is 64.1 cm³/mol. The molecule has 108 valence electrons. The van der Waals surface area contributed by atoms with Gasteiger partial charge >= 0.3 is 17.8 Å². The molecule has 0 spiro atoms. The van der Waals surface area contributed by atoms with Crippen molar-refractivity contribution in [1.82, 2.24) is 20.0 Å². The summed E-state index contributed by atoms with van der Waals surface area (Å²) in [5.41, 5.74) is 0. The molecule has 2 aliphatic heterocycles. The van der Waals surface area contributed by atoms with E-state index in [0.717, 1.165) is 9.80 Å². The highest BCUT2D eigenvalue weighted by molar-refractivity contribution is 6.37. The van der Waals surface area contributed by atoms with Gasteiger partial charge in [-0.05, 0) is 6.92 Å². The third-order valence-corrected chi connectivity index (χ3v) is 3.33. The first-order chi connectivity index (χ1) is 9.51. The van der Waals surface area contributed by atoms with Gasteiger partial charge in [0.1, 0.15) is 6.04 Å². The minimum atomic E-state index is -1.01. The van der Waals surface area contributed by atoms with E-state index in [1.54, 1.807) is 6.92 Å². The van der Waals surface area contributed by atoms with Crippen molar-refractivity contribution in [2.24, 2.45) is 0 Å². The van der Waals surface area contributed by atoms with Crippen LogP contribution >= 0.6 is 0 Å². The van der Waals surface area contributed by atoms with Crippen LogP contribution in [0.4, 0.5) is 4.79 Å². The van der Waals surface area contributed by atoms with Gasteiger partial charge in [0.05, 0.1) is 6.54 Å².